The SMILES string of the molecule is CC(C)(CCN)CCC(=O)NN1CCCCC1. The molecule has 1 aliphatic rings. The molecule has 1 aliphatic heterocycles. The number of carbonyl (C=O) groups is 1. The number of carbonyl (C=O) groups excluding carboxylic acids is 1. The molecule has 1 amide bonds. The van der Waals surface area contributed by atoms with Gasteiger partial charge in [0, 0.05) is 19.5 Å². The van der Waals surface area contributed by atoms with E-state index in [0.717, 1.165) is 25.9 Å². The minimum atomic E-state index is 0.150. The zero-order valence-corrected chi connectivity index (χ0v) is 11.3. The van der Waals surface area contributed by atoms with E-state index in [4.69, 9.17) is 5.73 Å². The first-order valence-corrected chi connectivity index (χ1v) is 6.78. The molecular weight excluding hydrogens is 214 g/mol. The van der Waals surface area contributed by atoms with Crippen molar-refractivity contribution in [3.05, 3.63) is 0 Å². The Balaban J connectivity index is 2.20. The standard InChI is InChI=1S/C13H27N3O/c1-13(2,8-9-14)7-6-12(17)15-16-10-4-3-5-11-16/h3-11,14H2,1-2H3,(H,15,17). The van der Waals surface area contributed by atoms with E-state index in [1.54, 1.807) is 0 Å². The second-order valence-electron chi connectivity index (χ2n) is 5.79. The number of piperidine rings is 1. The molecule has 4 nitrogen and oxygen atoms in total. The number of hydrogen-bond acceptors (Lipinski definition) is 3. The number of hydrazine groups is 1. The van der Waals surface area contributed by atoms with Crippen molar-refractivity contribution in [2.24, 2.45) is 11.1 Å². The highest BCUT2D eigenvalue weighted by molar-refractivity contribution is 5.75. The molecule has 0 atom stereocenters. The van der Waals surface area contributed by atoms with Gasteiger partial charge in [-0.05, 0) is 37.6 Å². The van der Waals surface area contributed by atoms with Gasteiger partial charge in [-0.2, -0.15) is 0 Å². The van der Waals surface area contributed by atoms with Crippen LogP contribution < -0.4 is 11.2 Å². The molecule has 0 unspecified atom stereocenters. The zero-order valence-electron chi connectivity index (χ0n) is 11.3. The third kappa shape index (κ3) is 6.03. The first kappa shape index (κ1) is 14.5. The molecule has 0 spiro atoms. The average molecular weight is 241 g/mol. The van der Waals surface area contributed by atoms with Crippen LogP contribution in [0.1, 0.15) is 52.4 Å². The molecule has 1 fully saturated rings. The topological polar surface area (TPSA) is 58.4 Å². The molecule has 1 saturated heterocycles. The van der Waals surface area contributed by atoms with Crippen molar-refractivity contribution in [1.82, 2.24) is 10.4 Å². The van der Waals surface area contributed by atoms with Crippen LogP contribution in [0, 0.1) is 5.41 Å². The van der Waals surface area contributed by atoms with Gasteiger partial charge in [-0.3, -0.25) is 10.2 Å². The van der Waals surface area contributed by atoms with Gasteiger partial charge >= 0.3 is 0 Å². The van der Waals surface area contributed by atoms with Crippen molar-refractivity contribution in [1.29, 1.82) is 0 Å². The Morgan fingerprint density at radius 1 is 1.24 bits per heavy atom. The van der Waals surface area contributed by atoms with Gasteiger partial charge in [-0.25, -0.2) is 5.01 Å². The fourth-order valence-electron chi connectivity index (χ4n) is 2.21. The summed E-state index contributed by atoms with van der Waals surface area (Å²) in [5.41, 5.74) is 8.73. The lowest BCUT2D eigenvalue weighted by Crippen LogP contribution is -2.45. The van der Waals surface area contributed by atoms with Crippen LogP contribution in [0.5, 0.6) is 0 Å². The van der Waals surface area contributed by atoms with Crippen LogP contribution in [0.2, 0.25) is 0 Å². The third-order valence-electron chi connectivity index (χ3n) is 3.49. The first-order valence-electron chi connectivity index (χ1n) is 6.78. The van der Waals surface area contributed by atoms with E-state index < -0.39 is 0 Å². The molecule has 0 aromatic rings. The van der Waals surface area contributed by atoms with Gasteiger partial charge in [0.15, 0.2) is 0 Å². The van der Waals surface area contributed by atoms with Crippen molar-refractivity contribution in [2.45, 2.75) is 52.4 Å². The molecule has 0 radical (unpaired) electrons. The number of nitrogens with two attached hydrogens (primary N) is 1. The van der Waals surface area contributed by atoms with E-state index in [1.807, 2.05) is 0 Å². The summed E-state index contributed by atoms with van der Waals surface area (Å²) in [7, 11) is 0. The van der Waals surface area contributed by atoms with Crippen LogP contribution in [0.25, 0.3) is 0 Å². The Hall–Kier alpha value is -0.610. The molecule has 0 saturated carbocycles. The molecule has 4 heteroatoms. The number of hydrogen-bond donors (Lipinski definition) is 2. The summed E-state index contributed by atoms with van der Waals surface area (Å²) in [5, 5.41) is 2.06. The van der Waals surface area contributed by atoms with Crippen LogP contribution >= 0.6 is 0 Å². The summed E-state index contributed by atoms with van der Waals surface area (Å²) in [5.74, 6) is 0.150. The van der Waals surface area contributed by atoms with E-state index >= 15 is 0 Å². The minimum Gasteiger partial charge on any atom is -0.330 e. The fraction of sp³-hybridized carbons (Fsp3) is 0.923. The molecule has 100 valence electrons. The maximum absolute atomic E-state index is 11.8. The zero-order chi connectivity index (χ0) is 12.7. The summed E-state index contributed by atoms with van der Waals surface area (Å²) in [6.07, 6.45) is 6.16. The monoisotopic (exact) mass is 241 g/mol. The second-order valence-corrected chi connectivity index (χ2v) is 5.79. The van der Waals surface area contributed by atoms with Crippen molar-refractivity contribution < 1.29 is 4.79 Å². The smallest absolute Gasteiger partial charge is 0.234 e. The van der Waals surface area contributed by atoms with E-state index in [1.165, 1.54) is 19.3 Å². The average Bonchev–Trinajstić information content (AvgIpc) is 2.28. The highest BCUT2D eigenvalue weighted by atomic mass is 16.2. The van der Waals surface area contributed by atoms with Crippen molar-refractivity contribution >= 4 is 5.91 Å². The molecule has 0 bridgehead atoms. The second kappa shape index (κ2) is 6.97. The van der Waals surface area contributed by atoms with Crippen LogP contribution in [-0.4, -0.2) is 30.6 Å². The van der Waals surface area contributed by atoms with Crippen LogP contribution in [0.3, 0.4) is 0 Å². The number of amides is 1. The van der Waals surface area contributed by atoms with Crippen LogP contribution in [0.4, 0.5) is 0 Å². The largest absolute Gasteiger partial charge is 0.330 e. The van der Waals surface area contributed by atoms with Gasteiger partial charge in [0.2, 0.25) is 5.91 Å². The summed E-state index contributed by atoms with van der Waals surface area (Å²) in [6, 6.07) is 0. The lowest BCUT2D eigenvalue weighted by Gasteiger charge is -2.28. The molecule has 1 rings (SSSR count). The van der Waals surface area contributed by atoms with Gasteiger partial charge in [0.25, 0.3) is 0 Å². The molecule has 0 aliphatic carbocycles. The van der Waals surface area contributed by atoms with E-state index in [-0.39, 0.29) is 11.3 Å². The molecule has 1 heterocycles. The Bertz CT molecular complexity index is 235. The Kier molecular flexibility index (Phi) is 5.92. The molecule has 0 aromatic heterocycles. The molecule has 17 heavy (non-hydrogen) atoms. The lowest BCUT2D eigenvalue weighted by atomic mass is 9.84. The van der Waals surface area contributed by atoms with Gasteiger partial charge in [-0.15, -0.1) is 0 Å². The fourth-order valence-corrected chi connectivity index (χ4v) is 2.21. The predicted molar refractivity (Wildman–Crippen MR) is 70.3 cm³/mol. The molecule has 3 N–H and O–H groups in total. The van der Waals surface area contributed by atoms with Crippen molar-refractivity contribution in [3.63, 3.8) is 0 Å². The quantitative estimate of drug-likeness (QED) is 0.743. The number of nitrogens with one attached hydrogen (secondary N) is 1. The Labute approximate surface area is 105 Å². The number of rotatable bonds is 6. The summed E-state index contributed by atoms with van der Waals surface area (Å²) in [6.45, 7) is 7.04. The highest BCUT2D eigenvalue weighted by Crippen LogP contribution is 2.25. The normalized spacial score (nSPS) is 18.1. The summed E-state index contributed by atoms with van der Waals surface area (Å²) >= 11 is 0. The summed E-state index contributed by atoms with van der Waals surface area (Å²) < 4.78 is 0. The van der Waals surface area contributed by atoms with Gasteiger partial charge in [0.1, 0.15) is 0 Å². The highest BCUT2D eigenvalue weighted by Gasteiger charge is 2.19. The van der Waals surface area contributed by atoms with Gasteiger partial charge in [0.05, 0.1) is 0 Å². The molecular formula is C13H27N3O. The van der Waals surface area contributed by atoms with Crippen molar-refractivity contribution in [2.75, 3.05) is 19.6 Å². The Morgan fingerprint density at radius 3 is 2.47 bits per heavy atom. The minimum absolute atomic E-state index is 0.150. The van der Waals surface area contributed by atoms with Crippen molar-refractivity contribution in [3.8, 4) is 0 Å². The lowest BCUT2D eigenvalue weighted by molar-refractivity contribution is -0.126. The van der Waals surface area contributed by atoms with Gasteiger partial charge in [-0.1, -0.05) is 20.3 Å². The van der Waals surface area contributed by atoms with Gasteiger partial charge < -0.3 is 5.73 Å². The predicted octanol–water partition coefficient (Wildman–Crippen LogP) is 1.66. The number of nitrogens with zero attached hydrogens (tertiary/aromatic N) is 1. The maximum Gasteiger partial charge on any atom is 0.234 e. The van der Waals surface area contributed by atoms with E-state index in [2.05, 4.69) is 24.3 Å². The van der Waals surface area contributed by atoms with E-state index in [0.29, 0.717) is 13.0 Å². The maximum atomic E-state index is 11.8. The van der Waals surface area contributed by atoms with Crippen LogP contribution in [0.15, 0.2) is 0 Å². The third-order valence-corrected chi connectivity index (χ3v) is 3.49. The Morgan fingerprint density at radius 2 is 1.88 bits per heavy atom. The first-order chi connectivity index (χ1) is 8.03. The van der Waals surface area contributed by atoms with E-state index in [9.17, 15) is 4.79 Å². The van der Waals surface area contributed by atoms with Crippen LogP contribution in [-0.2, 0) is 4.79 Å². The summed E-state index contributed by atoms with van der Waals surface area (Å²) in [4.78, 5) is 11.8. The molecule has 0 aromatic carbocycles.